The summed E-state index contributed by atoms with van der Waals surface area (Å²) in [5.41, 5.74) is -0.0169. The number of benzene rings is 1. The van der Waals surface area contributed by atoms with Crippen molar-refractivity contribution in [3.05, 3.63) is 29.3 Å². The monoisotopic (exact) mass is 279 g/mol. The number of fused-ring (bicyclic) bond motifs is 1. The zero-order chi connectivity index (χ0) is 14.8. The number of carboxylic acid groups (broad SMARTS) is 1. The molecule has 6 heteroatoms. The van der Waals surface area contributed by atoms with Crippen LogP contribution in [0.2, 0.25) is 0 Å². The molecule has 0 saturated heterocycles. The predicted octanol–water partition coefficient (Wildman–Crippen LogP) is 0.577. The van der Waals surface area contributed by atoms with Gasteiger partial charge in [0.05, 0.1) is 18.6 Å². The molecule has 1 atom stereocenters. The Hall–Kier alpha value is -2.08. The highest BCUT2D eigenvalue weighted by atomic mass is 16.5. The van der Waals surface area contributed by atoms with Crippen molar-refractivity contribution in [1.82, 2.24) is 5.32 Å². The van der Waals surface area contributed by atoms with Gasteiger partial charge >= 0.3 is 5.97 Å². The van der Waals surface area contributed by atoms with Gasteiger partial charge in [-0.25, -0.2) is 0 Å². The quantitative estimate of drug-likeness (QED) is 0.732. The lowest BCUT2D eigenvalue weighted by Gasteiger charge is -2.21. The van der Waals surface area contributed by atoms with Crippen molar-refractivity contribution in [3.63, 3.8) is 0 Å². The van der Waals surface area contributed by atoms with Crippen molar-refractivity contribution in [1.29, 1.82) is 0 Å². The Bertz CT molecular complexity index is 538. The van der Waals surface area contributed by atoms with Crippen LogP contribution in [0, 0.1) is 0 Å². The number of carbonyl (C=O) groups excluding carboxylic acids is 1. The average Bonchev–Trinajstić information content (AvgIpc) is 2.81. The van der Waals surface area contributed by atoms with Crippen LogP contribution >= 0.6 is 0 Å². The summed E-state index contributed by atoms with van der Waals surface area (Å²) in [6.07, 6.45) is 0.346. The summed E-state index contributed by atoms with van der Waals surface area (Å²) in [6.45, 7) is 1.87. The molecule has 0 bridgehead atoms. The van der Waals surface area contributed by atoms with E-state index in [1.165, 1.54) is 6.92 Å². The molecule has 0 saturated carbocycles. The van der Waals surface area contributed by atoms with E-state index in [1.54, 1.807) is 18.2 Å². The third-order valence-corrected chi connectivity index (χ3v) is 3.11. The molecule has 1 aromatic carbocycles. The first-order valence-corrected chi connectivity index (χ1v) is 6.35. The van der Waals surface area contributed by atoms with E-state index >= 15 is 0 Å². The van der Waals surface area contributed by atoms with Crippen molar-refractivity contribution in [2.75, 3.05) is 13.2 Å². The van der Waals surface area contributed by atoms with E-state index in [9.17, 15) is 14.7 Å². The van der Waals surface area contributed by atoms with Gasteiger partial charge in [0.25, 0.3) is 5.91 Å². The maximum absolute atomic E-state index is 12.0. The fourth-order valence-electron chi connectivity index (χ4n) is 2.09. The first-order valence-electron chi connectivity index (χ1n) is 6.35. The van der Waals surface area contributed by atoms with E-state index in [1.807, 2.05) is 0 Å². The Labute approximate surface area is 116 Å². The van der Waals surface area contributed by atoms with E-state index in [0.717, 1.165) is 17.7 Å². The van der Waals surface area contributed by atoms with E-state index < -0.39 is 18.0 Å². The van der Waals surface area contributed by atoms with Gasteiger partial charge in [-0.2, -0.15) is 0 Å². The van der Waals surface area contributed by atoms with Gasteiger partial charge in [0, 0.05) is 18.5 Å². The molecule has 20 heavy (non-hydrogen) atoms. The van der Waals surface area contributed by atoms with Gasteiger partial charge in [-0.15, -0.1) is 0 Å². The van der Waals surface area contributed by atoms with Gasteiger partial charge in [0.2, 0.25) is 0 Å². The first-order chi connectivity index (χ1) is 9.37. The molecule has 1 unspecified atom stereocenters. The second kappa shape index (κ2) is 5.50. The fraction of sp³-hybridized carbons (Fsp3) is 0.429. The Kier molecular flexibility index (Phi) is 3.94. The Morgan fingerprint density at radius 1 is 1.45 bits per heavy atom. The zero-order valence-electron chi connectivity index (χ0n) is 11.2. The SMILES string of the molecule is CC(O)(CNC(=O)c1ccc2c(c1)CCO2)CC(=O)O. The molecule has 3 N–H and O–H groups in total. The standard InChI is InChI=1S/C14H17NO5/c1-14(19,7-12(16)17)8-15-13(18)10-2-3-11-9(6-10)4-5-20-11/h2-3,6,19H,4-5,7-8H2,1H3,(H,15,18)(H,16,17). The molecule has 1 amide bonds. The Morgan fingerprint density at radius 3 is 2.90 bits per heavy atom. The minimum atomic E-state index is -1.47. The summed E-state index contributed by atoms with van der Waals surface area (Å²) in [7, 11) is 0. The van der Waals surface area contributed by atoms with Crippen molar-refractivity contribution >= 4 is 11.9 Å². The van der Waals surface area contributed by atoms with Crippen LogP contribution in [0.5, 0.6) is 5.75 Å². The van der Waals surface area contributed by atoms with Crippen LogP contribution < -0.4 is 10.1 Å². The maximum Gasteiger partial charge on any atom is 0.306 e. The van der Waals surface area contributed by atoms with Crippen molar-refractivity contribution in [2.45, 2.75) is 25.4 Å². The van der Waals surface area contributed by atoms with Crippen molar-refractivity contribution < 1.29 is 24.5 Å². The smallest absolute Gasteiger partial charge is 0.306 e. The van der Waals surface area contributed by atoms with E-state index in [-0.39, 0.29) is 12.5 Å². The highest BCUT2D eigenvalue weighted by molar-refractivity contribution is 5.94. The molecule has 0 aromatic heterocycles. The Morgan fingerprint density at radius 2 is 2.20 bits per heavy atom. The van der Waals surface area contributed by atoms with Crippen LogP contribution in [-0.2, 0) is 11.2 Å². The van der Waals surface area contributed by atoms with Gasteiger partial charge in [0.1, 0.15) is 5.75 Å². The molecule has 1 aliphatic heterocycles. The molecule has 6 nitrogen and oxygen atoms in total. The number of hydrogen-bond donors (Lipinski definition) is 3. The van der Waals surface area contributed by atoms with E-state index in [2.05, 4.69) is 5.32 Å². The number of aliphatic hydroxyl groups is 1. The van der Waals surface area contributed by atoms with Crippen LogP contribution in [0.1, 0.15) is 29.3 Å². The van der Waals surface area contributed by atoms with E-state index in [0.29, 0.717) is 12.2 Å². The number of hydrogen-bond acceptors (Lipinski definition) is 4. The molecule has 1 aromatic rings. The highest BCUT2D eigenvalue weighted by Crippen LogP contribution is 2.25. The van der Waals surface area contributed by atoms with Gasteiger partial charge in [-0.1, -0.05) is 0 Å². The Balaban J connectivity index is 1.97. The van der Waals surface area contributed by atoms with Crippen molar-refractivity contribution in [2.24, 2.45) is 0 Å². The number of carboxylic acids is 1. The van der Waals surface area contributed by atoms with Crippen LogP contribution in [0.3, 0.4) is 0 Å². The number of aliphatic carboxylic acids is 1. The van der Waals surface area contributed by atoms with Gasteiger partial charge < -0.3 is 20.3 Å². The second-order valence-electron chi connectivity index (χ2n) is 5.17. The number of nitrogens with one attached hydrogen (secondary N) is 1. The summed E-state index contributed by atoms with van der Waals surface area (Å²) in [4.78, 5) is 22.5. The summed E-state index contributed by atoms with van der Waals surface area (Å²) in [5, 5.41) is 21.0. The molecular weight excluding hydrogens is 262 g/mol. The lowest BCUT2D eigenvalue weighted by atomic mass is 10.0. The minimum Gasteiger partial charge on any atom is -0.493 e. The fourth-order valence-corrected chi connectivity index (χ4v) is 2.09. The molecule has 1 heterocycles. The molecule has 0 radical (unpaired) electrons. The number of ether oxygens (including phenoxy) is 1. The van der Waals surface area contributed by atoms with Crippen LogP contribution in [0.4, 0.5) is 0 Å². The van der Waals surface area contributed by atoms with Gasteiger partial charge in [0.15, 0.2) is 0 Å². The van der Waals surface area contributed by atoms with Crippen molar-refractivity contribution in [3.8, 4) is 5.75 Å². The molecule has 108 valence electrons. The van der Waals surface area contributed by atoms with E-state index in [4.69, 9.17) is 9.84 Å². The molecule has 2 rings (SSSR count). The van der Waals surface area contributed by atoms with Gasteiger partial charge in [-0.3, -0.25) is 9.59 Å². The summed E-state index contributed by atoms with van der Waals surface area (Å²) < 4.78 is 5.35. The summed E-state index contributed by atoms with van der Waals surface area (Å²) in [6, 6.07) is 5.14. The molecular formula is C14H17NO5. The summed E-state index contributed by atoms with van der Waals surface area (Å²) in [5.74, 6) is -0.663. The lowest BCUT2D eigenvalue weighted by Crippen LogP contribution is -2.42. The molecule has 0 fully saturated rings. The number of amides is 1. The topological polar surface area (TPSA) is 95.9 Å². The van der Waals surface area contributed by atoms with Crippen LogP contribution in [0.25, 0.3) is 0 Å². The number of rotatable bonds is 5. The van der Waals surface area contributed by atoms with Crippen LogP contribution in [0.15, 0.2) is 18.2 Å². The summed E-state index contributed by atoms with van der Waals surface area (Å²) >= 11 is 0. The maximum atomic E-state index is 12.0. The first kappa shape index (κ1) is 14.3. The predicted molar refractivity (Wildman–Crippen MR) is 70.9 cm³/mol. The minimum absolute atomic E-state index is 0.119. The normalized spacial score (nSPS) is 15.9. The third-order valence-electron chi connectivity index (χ3n) is 3.11. The lowest BCUT2D eigenvalue weighted by molar-refractivity contribution is -0.141. The number of carbonyl (C=O) groups is 2. The molecule has 0 aliphatic carbocycles. The third kappa shape index (κ3) is 3.48. The van der Waals surface area contributed by atoms with Crippen LogP contribution in [-0.4, -0.2) is 40.8 Å². The highest BCUT2D eigenvalue weighted by Gasteiger charge is 2.25. The molecule has 1 aliphatic rings. The van der Waals surface area contributed by atoms with Gasteiger partial charge in [-0.05, 0) is 30.7 Å². The average molecular weight is 279 g/mol. The largest absolute Gasteiger partial charge is 0.493 e. The zero-order valence-corrected chi connectivity index (χ0v) is 11.2. The molecule has 0 spiro atoms. The second-order valence-corrected chi connectivity index (χ2v) is 5.17.